The second kappa shape index (κ2) is 10.6. The highest BCUT2D eigenvalue weighted by Crippen LogP contribution is 2.32. The number of hydrogen-bond acceptors (Lipinski definition) is 6. The van der Waals surface area contributed by atoms with Gasteiger partial charge >= 0.3 is 5.97 Å². The summed E-state index contributed by atoms with van der Waals surface area (Å²) in [5.41, 5.74) is 3.16. The fraction of sp³-hybridized carbons (Fsp3) is 0.269. The Labute approximate surface area is 234 Å². The van der Waals surface area contributed by atoms with Crippen molar-refractivity contribution >= 4 is 68.6 Å². The summed E-state index contributed by atoms with van der Waals surface area (Å²) in [7, 11) is 0. The fourth-order valence-electron chi connectivity index (χ4n) is 4.01. The van der Waals surface area contributed by atoms with Crippen LogP contribution in [0.2, 0.25) is 0 Å². The summed E-state index contributed by atoms with van der Waals surface area (Å²) in [6.07, 6.45) is 1.69. The number of fused-ring (bicyclic) bond motifs is 1. The SMILES string of the molecule is CCOC(=O)C1=C(C)N=c2s/c(=C\c3cc(I)cc(I)c3O)c(=O)n2[C@H]1c1ccc(C(C)C)cc1. The molecule has 9 heteroatoms. The minimum Gasteiger partial charge on any atom is -0.506 e. The lowest BCUT2D eigenvalue weighted by molar-refractivity contribution is -0.139. The normalized spacial score (nSPS) is 15.9. The Morgan fingerprint density at radius 3 is 2.57 bits per heavy atom. The summed E-state index contributed by atoms with van der Waals surface area (Å²) in [5.74, 6) is 0.00355. The number of esters is 1. The van der Waals surface area contributed by atoms with Gasteiger partial charge in [0.15, 0.2) is 4.80 Å². The highest BCUT2D eigenvalue weighted by Gasteiger charge is 2.33. The number of phenols is 1. The average molecular weight is 714 g/mol. The number of allylic oxidation sites excluding steroid dienone is 1. The standard InChI is InChI=1S/C26H24I2N2O4S/c1-5-34-25(33)21-14(4)29-26-30(22(21)16-8-6-15(7-9-16)13(2)3)24(32)20(35-26)11-17-10-18(27)12-19(28)23(17)31/h6-13,22,31H,5H2,1-4H3/b20-11-/t22-/m0/s1. The van der Waals surface area contributed by atoms with E-state index in [4.69, 9.17) is 4.74 Å². The van der Waals surface area contributed by atoms with Crippen molar-refractivity contribution in [2.45, 2.75) is 39.7 Å². The van der Waals surface area contributed by atoms with Crippen molar-refractivity contribution in [1.29, 1.82) is 0 Å². The van der Waals surface area contributed by atoms with Crippen molar-refractivity contribution in [2.75, 3.05) is 6.61 Å². The molecule has 1 aromatic heterocycles. The number of nitrogens with zero attached hydrogens (tertiary/aromatic N) is 2. The molecule has 0 aliphatic carbocycles. The number of halogens is 2. The Hall–Kier alpha value is -1.99. The average Bonchev–Trinajstić information content (AvgIpc) is 3.10. The molecule has 0 fully saturated rings. The van der Waals surface area contributed by atoms with E-state index in [0.29, 0.717) is 35.7 Å². The number of benzene rings is 2. The number of phenolic OH excluding ortho intramolecular Hbond substituents is 1. The molecular weight excluding hydrogens is 690 g/mol. The first-order valence-electron chi connectivity index (χ1n) is 11.1. The summed E-state index contributed by atoms with van der Waals surface area (Å²) < 4.78 is 9.01. The van der Waals surface area contributed by atoms with Gasteiger partial charge in [-0.1, -0.05) is 49.4 Å². The molecule has 182 valence electrons. The van der Waals surface area contributed by atoms with E-state index in [2.05, 4.69) is 64.0 Å². The number of carbonyl (C=O) groups excluding carboxylic acids is 1. The minimum atomic E-state index is -0.654. The van der Waals surface area contributed by atoms with Crippen LogP contribution in [0.4, 0.5) is 0 Å². The predicted molar refractivity (Wildman–Crippen MR) is 154 cm³/mol. The molecule has 0 amide bonds. The van der Waals surface area contributed by atoms with Gasteiger partial charge in [0.05, 0.1) is 32.0 Å². The molecule has 2 heterocycles. The highest BCUT2D eigenvalue weighted by molar-refractivity contribution is 14.1. The fourth-order valence-corrected chi connectivity index (χ4v) is 6.93. The van der Waals surface area contributed by atoms with Crippen molar-refractivity contribution in [3.63, 3.8) is 0 Å². The molecule has 0 spiro atoms. The van der Waals surface area contributed by atoms with Crippen molar-refractivity contribution in [2.24, 2.45) is 4.99 Å². The number of thiazole rings is 1. The van der Waals surface area contributed by atoms with Gasteiger partial charge in [-0.3, -0.25) is 9.36 Å². The summed E-state index contributed by atoms with van der Waals surface area (Å²) in [5, 5.41) is 10.6. The third-order valence-electron chi connectivity index (χ3n) is 5.78. The van der Waals surface area contributed by atoms with Crippen molar-refractivity contribution < 1.29 is 14.6 Å². The predicted octanol–water partition coefficient (Wildman–Crippen LogP) is 4.84. The van der Waals surface area contributed by atoms with Crippen LogP contribution in [0.15, 0.2) is 57.5 Å². The molecule has 4 rings (SSSR count). The Morgan fingerprint density at radius 1 is 1.26 bits per heavy atom. The molecule has 1 aliphatic heterocycles. The van der Waals surface area contributed by atoms with Crippen LogP contribution in [0.1, 0.15) is 56.3 Å². The summed E-state index contributed by atoms with van der Waals surface area (Å²) in [4.78, 5) is 31.8. The number of ether oxygens (including phenoxy) is 1. The zero-order valence-corrected chi connectivity index (χ0v) is 24.8. The number of aromatic hydroxyl groups is 1. The Kier molecular flexibility index (Phi) is 7.86. The molecule has 0 saturated heterocycles. The molecule has 0 unspecified atom stereocenters. The van der Waals surface area contributed by atoms with E-state index in [9.17, 15) is 14.7 Å². The van der Waals surface area contributed by atoms with E-state index >= 15 is 0 Å². The summed E-state index contributed by atoms with van der Waals surface area (Å²) in [6.45, 7) is 7.99. The quantitative estimate of drug-likeness (QED) is 0.304. The van der Waals surface area contributed by atoms with Crippen LogP contribution in [0.5, 0.6) is 5.75 Å². The van der Waals surface area contributed by atoms with Gasteiger partial charge in [-0.25, -0.2) is 9.79 Å². The molecule has 6 nitrogen and oxygen atoms in total. The third kappa shape index (κ3) is 5.12. The summed E-state index contributed by atoms with van der Waals surface area (Å²) >= 11 is 5.49. The van der Waals surface area contributed by atoms with Crippen molar-refractivity contribution in [1.82, 2.24) is 4.57 Å². The molecule has 1 N–H and O–H groups in total. The first-order valence-corrected chi connectivity index (χ1v) is 14.1. The molecular formula is C26H24I2N2O4S. The van der Waals surface area contributed by atoms with Crippen LogP contribution >= 0.6 is 56.5 Å². The van der Waals surface area contributed by atoms with Crippen LogP contribution in [-0.2, 0) is 9.53 Å². The highest BCUT2D eigenvalue weighted by atomic mass is 127. The lowest BCUT2D eigenvalue weighted by Gasteiger charge is -2.25. The first-order chi connectivity index (χ1) is 16.6. The smallest absolute Gasteiger partial charge is 0.338 e. The van der Waals surface area contributed by atoms with E-state index in [0.717, 1.165) is 9.13 Å². The van der Waals surface area contributed by atoms with Gasteiger partial charge in [0.2, 0.25) is 0 Å². The van der Waals surface area contributed by atoms with Crippen LogP contribution in [-0.4, -0.2) is 22.2 Å². The van der Waals surface area contributed by atoms with Gasteiger partial charge in [-0.15, -0.1) is 0 Å². The topological polar surface area (TPSA) is 80.9 Å². The molecule has 0 saturated carbocycles. The van der Waals surface area contributed by atoms with E-state index < -0.39 is 12.0 Å². The lowest BCUT2D eigenvalue weighted by Crippen LogP contribution is -2.39. The third-order valence-corrected chi connectivity index (χ3v) is 8.21. The number of hydrogen-bond donors (Lipinski definition) is 1. The second-order valence-corrected chi connectivity index (χ2v) is 11.9. The van der Waals surface area contributed by atoms with Crippen LogP contribution in [0.3, 0.4) is 0 Å². The largest absolute Gasteiger partial charge is 0.506 e. The first kappa shape index (κ1) is 26.1. The molecule has 2 aromatic carbocycles. The molecule has 1 atom stereocenters. The van der Waals surface area contributed by atoms with Crippen LogP contribution in [0.25, 0.3) is 6.08 Å². The monoisotopic (exact) mass is 714 g/mol. The zero-order chi connectivity index (χ0) is 25.4. The maximum absolute atomic E-state index is 13.7. The Balaban J connectivity index is 1.96. The minimum absolute atomic E-state index is 0.126. The van der Waals surface area contributed by atoms with E-state index in [1.165, 1.54) is 16.9 Å². The van der Waals surface area contributed by atoms with E-state index in [1.807, 2.05) is 36.4 Å². The Bertz CT molecular complexity index is 1520. The Morgan fingerprint density at radius 2 is 1.94 bits per heavy atom. The molecule has 35 heavy (non-hydrogen) atoms. The zero-order valence-electron chi connectivity index (χ0n) is 19.6. The summed E-state index contributed by atoms with van der Waals surface area (Å²) in [6, 6.07) is 11.0. The van der Waals surface area contributed by atoms with Crippen LogP contribution < -0.4 is 14.9 Å². The van der Waals surface area contributed by atoms with Gasteiger partial charge < -0.3 is 9.84 Å². The molecule has 3 aromatic rings. The van der Waals surface area contributed by atoms with Gasteiger partial charge in [0.25, 0.3) is 5.56 Å². The van der Waals surface area contributed by atoms with Crippen molar-refractivity contribution in [3.05, 3.63) is 91.2 Å². The van der Waals surface area contributed by atoms with Gasteiger partial charge in [-0.05, 0) is 94.3 Å². The van der Waals surface area contributed by atoms with E-state index in [1.54, 1.807) is 24.5 Å². The van der Waals surface area contributed by atoms with Crippen LogP contribution in [0, 0.1) is 7.14 Å². The number of carbonyl (C=O) groups is 1. The van der Waals surface area contributed by atoms with Gasteiger partial charge in [0, 0.05) is 9.13 Å². The van der Waals surface area contributed by atoms with Gasteiger partial charge in [0.1, 0.15) is 5.75 Å². The molecule has 0 bridgehead atoms. The number of rotatable bonds is 5. The maximum atomic E-state index is 13.7. The molecule has 0 radical (unpaired) electrons. The second-order valence-electron chi connectivity index (χ2n) is 8.45. The number of aromatic nitrogens is 1. The molecule has 1 aliphatic rings. The lowest BCUT2D eigenvalue weighted by atomic mass is 9.93. The van der Waals surface area contributed by atoms with Crippen molar-refractivity contribution in [3.8, 4) is 5.75 Å². The maximum Gasteiger partial charge on any atom is 0.338 e. The van der Waals surface area contributed by atoms with E-state index in [-0.39, 0.29) is 17.9 Å². The van der Waals surface area contributed by atoms with Gasteiger partial charge in [-0.2, -0.15) is 0 Å².